The summed E-state index contributed by atoms with van der Waals surface area (Å²) < 4.78 is 10.2. The molecular weight excluding hydrogens is 424 g/mol. The third-order valence-corrected chi connectivity index (χ3v) is 4.17. The van der Waals surface area contributed by atoms with Crippen LogP contribution < -0.4 is 9.47 Å². The van der Waals surface area contributed by atoms with E-state index in [9.17, 15) is 0 Å². The smallest absolute Gasteiger partial charge is 0.122 e. The lowest BCUT2D eigenvalue weighted by atomic mass is 10.2. The Bertz CT molecular complexity index is 1090. The molecule has 0 saturated carbocycles. The minimum Gasteiger partial charge on any atom is -0.497 e. The molecule has 0 aliphatic heterocycles. The molecule has 0 amide bonds. The van der Waals surface area contributed by atoms with Gasteiger partial charge in [-0.15, -0.1) is 0 Å². The van der Waals surface area contributed by atoms with E-state index in [4.69, 9.17) is 9.47 Å². The number of allylic oxidation sites excluding steroid dienone is 1. The Kier molecular flexibility index (Phi) is 12.5. The predicted molar refractivity (Wildman–Crippen MR) is 139 cm³/mol. The molecular formula is C28H30N4O2. The fraction of sp³-hybridized carbons (Fsp3) is 0.143. The number of nitrogens with zero attached hydrogens (tertiary/aromatic N) is 4. The lowest BCUT2D eigenvalue weighted by Crippen LogP contribution is -1.89. The molecule has 6 heteroatoms. The molecule has 3 heterocycles. The van der Waals surface area contributed by atoms with Crippen molar-refractivity contribution in [2.45, 2.75) is 13.8 Å². The molecule has 174 valence electrons. The lowest BCUT2D eigenvalue weighted by Gasteiger charge is -1.98. The molecule has 0 radical (unpaired) electrons. The van der Waals surface area contributed by atoms with Crippen LogP contribution in [0.1, 0.15) is 25.0 Å². The Morgan fingerprint density at radius 3 is 1.74 bits per heavy atom. The monoisotopic (exact) mass is 454 g/mol. The number of methoxy groups -OCH3 is 1. The minimum absolute atomic E-state index is 0.712. The van der Waals surface area contributed by atoms with Crippen molar-refractivity contribution in [3.05, 3.63) is 115 Å². The van der Waals surface area contributed by atoms with E-state index < -0.39 is 0 Å². The van der Waals surface area contributed by atoms with Gasteiger partial charge in [-0.1, -0.05) is 12.2 Å². The maximum Gasteiger partial charge on any atom is 0.122 e. The van der Waals surface area contributed by atoms with Crippen molar-refractivity contribution in [1.82, 2.24) is 15.0 Å². The number of hydrogen-bond acceptors (Lipinski definition) is 6. The van der Waals surface area contributed by atoms with Gasteiger partial charge in [-0.05, 0) is 85.6 Å². The molecule has 0 spiro atoms. The number of rotatable bonds is 6. The number of benzene rings is 1. The molecule has 0 bridgehead atoms. The van der Waals surface area contributed by atoms with E-state index in [1.165, 1.54) is 5.56 Å². The van der Waals surface area contributed by atoms with E-state index in [2.05, 4.69) is 19.9 Å². The van der Waals surface area contributed by atoms with Gasteiger partial charge < -0.3 is 9.47 Å². The van der Waals surface area contributed by atoms with Crippen LogP contribution in [-0.2, 0) is 0 Å². The summed E-state index contributed by atoms with van der Waals surface area (Å²) in [5, 5.41) is 0. The van der Waals surface area contributed by atoms with Crippen molar-refractivity contribution in [1.29, 1.82) is 0 Å². The predicted octanol–water partition coefficient (Wildman–Crippen LogP) is 6.44. The molecule has 6 nitrogen and oxygen atoms in total. The second-order valence-corrected chi connectivity index (χ2v) is 6.63. The largest absolute Gasteiger partial charge is 0.497 e. The van der Waals surface area contributed by atoms with E-state index in [-0.39, 0.29) is 0 Å². The zero-order valence-corrected chi connectivity index (χ0v) is 19.8. The second-order valence-electron chi connectivity index (χ2n) is 6.63. The van der Waals surface area contributed by atoms with Crippen LogP contribution in [0.15, 0.2) is 109 Å². The van der Waals surface area contributed by atoms with Gasteiger partial charge >= 0.3 is 0 Å². The molecule has 0 aliphatic carbocycles. The van der Waals surface area contributed by atoms with Gasteiger partial charge in [0, 0.05) is 43.4 Å². The fourth-order valence-electron chi connectivity index (χ4n) is 2.54. The zero-order valence-electron chi connectivity index (χ0n) is 19.8. The minimum atomic E-state index is 0.712. The number of pyridine rings is 3. The highest BCUT2D eigenvalue weighted by Crippen LogP contribution is 2.17. The summed E-state index contributed by atoms with van der Waals surface area (Å²) in [6, 6.07) is 19.0. The molecule has 0 unspecified atom stereocenters. The maximum atomic E-state index is 5.17. The molecule has 0 saturated heterocycles. The molecule has 0 N–H and O–H groups in total. The molecule has 1 aromatic carbocycles. The van der Waals surface area contributed by atoms with Crippen LogP contribution >= 0.6 is 0 Å². The van der Waals surface area contributed by atoms with Gasteiger partial charge in [-0.3, -0.25) is 19.9 Å². The van der Waals surface area contributed by atoms with Crippen molar-refractivity contribution in [2.24, 2.45) is 4.99 Å². The average molecular weight is 455 g/mol. The lowest BCUT2D eigenvalue weighted by molar-refractivity contribution is 0.340. The van der Waals surface area contributed by atoms with E-state index in [0.29, 0.717) is 6.61 Å². The first-order chi connectivity index (χ1) is 16.7. The summed E-state index contributed by atoms with van der Waals surface area (Å²) >= 11 is 0. The molecule has 4 rings (SSSR count). The van der Waals surface area contributed by atoms with Crippen molar-refractivity contribution < 1.29 is 9.47 Å². The highest BCUT2D eigenvalue weighted by molar-refractivity contribution is 5.81. The van der Waals surface area contributed by atoms with Crippen LogP contribution in [0.4, 0.5) is 5.69 Å². The summed E-state index contributed by atoms with van der Waals surface area (Å²) in [6.45, 7) is 4.67. The summed E-state index contributed by atoms with van der Waals surface area (Å²) in [6.07, 6.45) is 16.4. The molecule has 0 aliphatic rings. The highest BCUT2D eigenvalue weighted by Gasteiger charge is 1.91. The standard InChI is InChI=1S/C13H12N2O.C8H9N.C7H9NO/c1-16-13-4-2-12(3-5-13)15-10-11-6-8-14-9-7-11;1-2-3-8-4-6-9-7-5-8;1-2-9-7-3-5-8-6-4-7/h2-10H,1H3;2-7H,1H3;3-6H,2H2,1H3. The van der Waals surface area contributed by atoms with Crippen LogP contribution in [0.25, 0.3) is 6.08 Å². The van der Waals surface area contributed by atoms with Crippen LogP contribution in [0.3, 0.4) is 0 Å². The Balaban J connectivity index is 0.000000194. The molecule has 4 aromatic rings. The number of hydrogen-bond donors (Lipinski definition) is 0. The molecule has 0 fully saturated rings. The second kappa shape index (κ2) is 16.3. The van der Waals surface area contributed by atoms with Gasteiger partial charge in [-0.2, -0.15) is 0 Å². The van der Waals surface area contributed by atoms with Crippen molar-refractivity contribution in [3.63, 3.8) is 0 Å². The third-order valence-electron chi connectivity index (χ3n) is 4.17. The Hall–Kier alpha value is -4.32. The van der Waals surface area contributed by atoms with Crippen LogP contribution in [0, 0.1) is 0 Å². The van der Waals surface area contributed by atoms with Gasteiger partial charge in [0.05, 0.1) is 19.4 Å². The number of ether oxygens (including phenoxy) is 2. The van der Waals surface area contributed by atoms with E-state index in [1.54, 1.807) is 44.3 Å². The maximum absolute atomic E-state index is 5.17. The topological polar surface area (TPSA) is 69.5 Å². The summed E-state index contributed by atoms with van der Waals surface area (Å²) in [7, 11) is 1.65. The zero-order chi connectivity index (χ0) is 24.3. The van der Waals surface area contributed by atoms with Crippen molar-refractivity contribution >= 4 is 18.0 Å². The molecule has 34 heavy (non-hydrogen) atoms. The van der Waals surface area contributed by atoms with Crippen LogP contribution in [-0.4, -0.2) is 34.9 Å². The third kappa shape index (κ3) is 10.8. The molecule has 3 aromatic heterocycles. The summed E-state index contributed by atoms with van der Waals surface area (Å²) in [5.74, 6) is 1.72. The first-order valence-electron chi connectivity index (χ1n) is 10.9. The average Bonchev–Trinajstić information content (AvgIpc) is 2.91. The van der Waals surface area contributed by atoms with Crippen molar-refractivity contribution in [2.75, 3.05) is 13.7 Å². The fourth-order valence-corrected chi connectivity index (χ4v) is 2.54. The number of aromatic nitrogens is 3. The SMILES string of the molecule is CC=Cc1ccncc1.CCOc1ccncc1.COc1ccc(N=Cc2ccncc2)cc1. The Labute approximate surface area is 201 Å². The Morgan fingerprint density at radius 2 is 1.24 bits per heavy atom. The highest BCUT2D eigenvalue weighted by atomic mass is 16.5. The van der Waals surface area contributed by atoms with Crippen LogP contribution in [0.5, 0.6) is 11.5 Å². The first kappa shape index (κ1) is 25.9. The van der Waals surface area contributed by atoms with Crippen molar-refractivity contribution in [3.8, 4) is 11.5 Å². The normalized spacial score (nSPS) is 10.1. The summed E-state index contributed by atoms with van der Waals surface area (Å²) in [5.41, 5.74) is 3.14. The van der Waals surface area contributed by atoms with Crippen LogP contribution in [0.2, 0.25) is 0 Å². The van der Waals surface area contributed by atoms with Gasteiger partial charge in [0.15, 0.2) is 0 Å². The van der Waals surface area contributed by atoms with Gasteiger partial charge in [0.1, 0.15) is 11.5 Å². The Morgan fingerprint density at radius 1 is 0.706 bits per heavy atom. The molecule has 0 atom stereocenters. The quantitative estimate of drug-likeness (QED) is 0.314. The summed E-state index contributed by atoms with van der Waals surface area (Å²) in [4.78, 5) is 16.0. The van der Waals surface area contributed by atoms with Gasteiger partial charge in [-0.25, -0.2) is 0 Å². The number of aliphatic imine (C=N–C) groups is 1. The van der Waals surface area contributed by atoms with E-state index in [0.717, 1.165) is 22.7 Å². The van der Waals surface area contributed by atoms with Gasteiger partial charge in [0.25, 0.3) is 0 Å². The first-order valence-corrected chi connectivity index (χ1v) is 10.9. The van der Waals surface area contributed by atoms with Gasteiger partial charge in [0.2, 0.25) is 0 Å². The van der Waals surface area contributed by atoms with E-state index >= 15 is 0 Å². The van der Waals surface area contributed by atoms with E-state index in [1.807, 2.05) is 92.9 Å².